The summed E-state index contributed by atoms with van der Waals surface area (Å²) in [6, 6.07) is 5.74. The molecule has 0 aliphatic heterocycles. The average Bonchev–Trinajstić information content (AvgIpc) is 2.91. The lowest BCUT2D eigenvalue weighted by Gasteiger charge is -2.13. The van der Waals surface area contributed by atoms with Crippen molar-refractivity contribution >= 4 is 27.3 Å². The summed E-state index contributed by atoms with van der Waals surface area (Å²) >= 11 is 4.88. The quantitative estimate of drug-likeness (QED) is 0.892. The summed E-state index contributed by atoms with van der Waals surface area (Å²) in [7, 11) is 0. The van der Waals surface area contributed by atoms with Gasteiger partial charge in [-0.15, -0.1) is 0 Å². The predicted molar refractivity (Wildman–Crippen MR) is 67.4 cm³/mol. The van der Waals surface area contributed by atoms with Crippen molar-refractivity contribution in [2.75, 3.05) is 6.61 Å². The number of furan rings is 1. The largest absolute Gasteiger partial charge is 0.453 e. The second-order valence-corrected chi connectivity index (χ2v) is 4.94. The molecule has 0 aliphatic carbocycles. The number of nitrogens with one attached hydrogen (secondary N) is 1. The van der Waals surface area contributed by atoms with Crippen LogP contribution in [-0.4, -0.2) is 11.7 Å². The molecule has 0 unspecified atom stereocenters. The first-order chi connectivity index (χ1) is 7.79. The van der Waals surface area contributed by atoms with Crippen LogP contribution in [0.25, 0.3) is 0 Å². The van der Waals surface area contributed by atoms with E-state index in [2.05, 4.69) is 21.2 Å². The van der Waals surface area contributed by atoms with Crippen molar-refractivity contribution in [1.29, 1.82) is 0 Å². The van der Waals surface area contributed by atoms with Crippen LogP contribution < -0.4 is 5.32 Å². The van der Waals surface area contributed by atoms with Crippen LogP contribution >= 0.6 is 27.3 Å². The zero-order chi connectivity index (χ0) is 11.4. The van der Waals surface area contributed by atoms with E-state index in [1.54, 1.807) is 11.3 Å². The van der Waals surface area contributed by atoms with E-state index in [1.807, 2.05) is 29.0 Å². The number of rotatable bonds is 5. The standard InChI is InChI=1S/C11H12BrNO2S/c12-11-2-1-9(15-11)5-13-10(6-14)8-3-4-16-7-8/h1-4,7,10,13-14H,5-6H2/t10-/m0/s1. The van der Waals surface area contributed by atoms with Crippen molar-refractivity contribution in [2.45, 2.75) is 12.6 Å². The highest BCUT2D eigenvalue weighted by molar-refractivity contribution is 9.10. The summed E-state index contributed by atoms with van der Waals surface area (Å²) in [5.41, 5.74) is 1.11. The van der Waals surface area contributed by atoms with E-state index < -0.39 is 0 Å². The molecule has 0 bridgehead atoms. The molecule has 16 heavy (non-hydrogen) atoms. The van der Waals surface area contributed by atoms with Gasteiger partial charge in [-0.25, -0.2) is 0 Å². The fourth-order valence-corrected chi connectivity index (χ4v) is 2.49. The molecule has 2 N–H and O–H groups in total. The molecule has 2 aromatic heterocycles. The second-order valence-electron chi connectivity index (χ2n) is 3.38. The minimum atomic E-state index is -0.0323. The lowest BCUT2D eigenvalue weighted by Crippen LogP contribution is -2.23. The molecule has 2 aromatic rings. The van der Waals surface area contributed by atoms with Gasteiger partial charge in [-0.2, -0.15) is 11.3 Å². The maximum atomic E-state index is 9.28. The lowest BCUT2D eigenvalue weighted by atomic mass is 10.1. The Labute approximate surface area is 106 Å². The van der Waals surface area contributed by atoms with Crippen LogP contribution in [0.3, 0.4) is 0 Å². The summed E-state index contributed by atoms with van der Waals surface area (Å²) in [5, 5.41) is 16.6. The number of halogens is 1. The van der Waals surface area contributed by atoms with E-state index in [0.717, 1.165) is 16.0 Å². The maximum Gasteiger partial charge on any atom is 0.169 e. The van der Waals surface area contributed by atoms with Crippen molar-refractivity contribution in [3.63, 3.8) is 0 Å². The summed E-state index contributed by atoms with van der Waals surface area (Å²) in [5.74, 6) is 0.848. The molecule has 2 heterocycles. The van der Waals surface area contributed by atoms with Gasteiger partial charge >= 0.3 is 0 Å². The molecule has 0 saturated carbocycles. The average molecular weight is 302 g/mol. The molecule has 0 aromatic carbocycles. The number of thiophene rings is 1. The highest BCUT2D eigenvalue weighted by atomic mass is 79.9. The zero-order valence-electron chi connectivity index (χ0n) is 8.52. The fourth-order valence-electron chi connectivity index (χ4n) is 1.43. The molecule has 0 amide bonds. The van der Waals surface area contributed by atoms with E-state index in [4.69, 9.17) is 4.42 Å². The molecular weight excluding hydrogens is 290 g/mol. The number of hydrogen-bond donors (Lipinski definition) is 2. The highest BCUT2D eigenvalue weighted by Crippen LogP contribution is 2.18. The van der Waals surface area contributed by atoms with Gasteiger partial charge in [0.15, 0.2) is 4.67 Å². The van der Waals surface area contributed by atoms with Gasteiger partial charge in [-0.3, -0.25) is 0 Å². The van der Waals surface area contributed by atoms with Gasteiger partial charge < -0.3 is 14.8 Å². The van der Waals surface area contributed by atoms with Gasteiger partial charge in [0.05, 0.1) is 19.2 Å². The van der Waals surface area contributed by atoms with Crippen molar-refractivity contribution < 1.29 is 9.52 Å². The third kappa shape index (κ3) is 2.95. The summed E-state index contributed by atoms with van der Waals surface area (Å²) in [6.45, 7) is 0.686. The number of hydrogen-bond acceptors (Lipinski definition) is 4. The molecule has 2 rings (SSSR count). The molecule has 0 saturated heterocycles. The molecular formula is C11H12BrNO2S. The van der Waals surface area contributed by atoms with Gasteiger partial charge in [-0.1, -0.05) is 0 Å². The number of aliphatic hydroxyl groups excluding tert-OH is 1. The van der Waals surface area contributed by atoms with E-state index in [9.17, 15) is 5.11 Å². The third-order valence-electron chi connectivity index (χ3n) is 2.28. The minimum absolute atomic E-state index is 0.0323. The van der Waals surface area contributed by atoms with Crippen molar-refractivity contribution in [2.24, 2.45) is 0 Å². The van der Waals surface area contributed by atoms with Crippen molar-refractivity contribution in [1.82, 2.24) is 5.32 Å². The first-order valence-electron chi connectivity index (χ1n) is 4.90. The first-order valence-corrected chi connectivity index (χ1v) is 6.63. The fraction of sp³-hybridized carbons (Fsp3) is 0.273. The van der Waals surface area contributed by atoms with Crippen LogP contribution in [0.5, 0.6) is 0 Å². The van der Waals surface area contributed by atoms with Gasteiger partial charge in [0.2, 0.25) is 0 Å². The Balaban J connectivity index is 1.93. The number of aliphatic hydroxyl groups is 1. The molecule has 0 spiro atoms. The third-order valence-corrected chi connectivity index (χ3v) is 3.41. The van der Waals surface area contributed by atoms with Crippen LogP contribution in [0.15, 0.2) is 38.0 Å². The molecule has 0 radical (unpaired) electrons. The Bertz CT molecular complexity index is 427. The molecule has 0 fully saturated rings. The van der Waals surface area contributed by atoms with E-state index in [0.29, 0.717) is 6.54 Å². The molecule has 5 heteroatoms. The Morgan fingerprint density at radius 3 is 2.88 bits per heavy atom. The highest BCUT2D eigenvalue weighted by Gasteiger charge is 2.10. The second kappa shape index (κ2) is 5.63. The minimum Gasteiger partial charge on any atom is -0.453 e. The van der Waals surface area contributed by atoms with Crippen LogP contribution in [0.1, 0.15) is 17.4 Å². The Kier molecular flexibility index (Phi) is 4.17. The lowest BCUT2D eigenvalue weighted by molar-refractivity contribution is 0.241. The van der Waals surface area contributed by atoms with Gasteiger partial charge in [0.25, 0.3) is 0 Å². The van der Waals surface area contributed by atoms with E-state index >= 15 is 0 Å². The molecule has 86 valence electrons. The van der Waals surface area contributed by atoms with E-state index in [-0.39, 0.29) is 12.6 Å². The molecule has 0 aliphatic rings. The SMILES string of the molecule is OC[C@H](NCc1ccc(Br)o1)c1ccsc1. The maximum absolute atomic E-state index is 9.28. The Hall–Kier alpha value is -0.620. The molecule has 1 atom stereocenters. The van der Waals surface area contributed by atoms with E-state index in [1.165, 1.54) is 0 Å². The first kappa shape index (κ1) is 11.9. The van der Waals surface area contributed by atoms with Crippen molar-refractivity contribution in [3.8, 4) is 0 Å². The van der Waals surface area contributed by atoms with Crippen LogP contribution in [-0.2, 0) is 6.54 Å². The van der Waals surface area contributed by atoms with Gasteiger partial charge in [-0.05, 0) is 50.5 Å². The summed E-state index contributed by atoms with van der Waals surface area (Å²) in [4.78, 5) is 0. The summed E-state index contributed by atoms with van der Waals surface area (Å²) in [6.07, 6.45) is 0. The zero-order valence-corrected chi connectivity index (χ0v) is 10.9. The molecule has 3 nitrogen and oxygen atoms in total. The van der Waals surface area contributed by atoms with Crippen molar-refractivity contribution in [3.05, 3.63) is 45.0 Å². The van der Waals surface area contributed by atoms with Gasteiger partial charge in [0.1, 0.15) is 5.76 Å². The Morgan fingerprint density at radius 1 is 1.44 bits per heavy atom. The normalized spacial score (nSPS) is 12.9. The van der Waals surface area contributed by atoms with Crippen LogP contribution in [0.4, 0.5) is 0 Å². The monoisotopic (exact) mass is 301 g/mol. The van der Waals surface area contributed by atoms with Gasteiger partial charge in [0, 0.05) is 0 Å². The van der Waals surface area contributed by atoms with Crippen LogP contribution in [0.2, 0.25) is 0 Å². The Morgan fingerprint density at radius 2 is 2.31 bits per heavy atom. The van der Waals surface area contributed by atoms with Crippen LogP contribution in [0, 0.1) is 0 Å². The smallest absolute Gasteiger partial charge is 0.169 e. The predicted octanol–water partition coefficient (Wildman–Crippen LogP) is 2.93. The topological polar surface area (TPSA) is 45.4 Å². The summed E-state index contributed by atoms with van der Waals surface area (Å²) < 4.78 is 6.09.